The zero-order chi connectivity index (χ0) is 17.8. The van der Waals surface area contributed by atoms with E-state index in [4.69, 9.17) is 11.6 Å². The Morgan fingerprint density at radius 1 is 1.08 bits per heavy atom. The highest BCUT2D eigenvalue weighted by atomic mass is 79.9. The van der Waals surface area contributed by atoms with E-state index >= 15 is 0 Å². The highest BCUT2D eigenvalue weighted by Crippen LogP contribution is 2.22. The molecule has 6 heteroatoms. The summed E-state index contributed by atoms with van der Waals surface area (Å²) in [6.45, 7) is 1.03. The van der Waals surface area contributed by atoms with Gasteiger partial charge in [-0.3, -0.25) is 4.79 Å². The van der Waals surface area contributed by atoms with Crippen LogP contribution in [0.2, 0.25) is 5.02 Å². The first-order valence-corrected chi connectivity index (χ1v) is 8.97. The first-order chi connectivity index (χ1) is 12.0. The van der Waals surface area contributed by atoms with Crippen molar-refractivity contribution >= 4 is 33.2 Å². The molecule has 0 spiro atoms. The fourth-order valence-electron chi connectivity index (χ4n) is 2.54. The lowest BCUT2D eigenvalue weighted by atomic mass is 10.2. The molecule has 0 amide bonds. The van der Waals surface area contributed by atoms with Gasteiger partial charge in [0, 0.05) is 18.1 Å². The summed E-state index contributed by atoms with van der Waals surface area (Å²) in [5.74, 6) is 0. The molecule has 2 aromatic carbocycles. The van der Waals surface area contributed by atoms with Gasteiger partial charge in [-0.1, -0.05) is 70.0 Å². The molecule has 1 aromatic heterocycles. The van der Waals surface area contributed by atoms with Crippen LogP contribution in [0, 0.1) is 0 Å². The van der Waals surface area contributed by atoms with E-state index in [-0.39, 0.29) is 10.6 Å². The second-order valence-electron chi connectivity index (χ2n) is 5.77. The highest BCUT2D eigenvalue weighted by Gasteiger charge is 2.13. The van der Waals surface area contributed by atoms with Crippen molar-refractivity contribution in [2.24, 2.45) is 0 Å². The summed E-state index contributed by atoms with van der Waals surface area (Å²) in [6, 6.07) is 17.7. The summed E-state index contributed by atoms with van der Waals surface area (Å²) in [5, 5.41) is 4.47. The Balaban J connectivity index is 1.82. The SMILES string of the molecule is CN(Cc1ccc(Br)cc1)c1cnn(Cc2ccccc2)c(=O)c1Cl. The second kappa shape index (κ2) is 7.85. The fourth-order valence-corrected chi connectivity index (χ4v) is 3.10. The Morgan fingerprint density at radius 3 is 2.44 bits per heavy atom. The first-order valence-electron chi connectivity index (χ1n) is 7.80. The van der Waals surface area contributed by atoms with Crippen molar-refractivity contribution in [3.05, 3.63) is 91.8 Å². The molecule has 0 N–H and O–H groups in total. The van der Waals surface area contributed by atoms with E-state index in [1.807, 2.05) is 66.5 Å². The smallest absolute Gasteiger partial charge is 0.287 e. The molecule has 3 aromatic rings. The quantitative estimate of drug-likeness (QED) is 0.618. The maximum atomic E-state index is 12.5. The predicted octanol–water partition coefficient (Wildman–Crippen LogP) is 4.34. The van der Waals surface area contributed by atoms with E-state index in [0.29, 0.717) is 18.8 Å². The lowest BCUT2D eigenvalue weighted by Crippen LogP contribution is -2.27. The first kappa shape index (κ1) is 17.7. The van der Waals surface area contributed by atoms with Gasteiger partial charge in [0.1, 0.15) is 5.02 Å². The third kappa shape index (κ3) is 4.30. The van der Waals surface area contributed by atoms with E-state index in [0.717, 1.165) is 15.6 Å². The number of benzene rings is 2. The molecule has 1 heterocycles. The van der Waals surface area contributed by atoms with Gasteiger partial charge in [-0.25, -0.2) is 4.68 Å². The molecule has 0 atom stereocenters. The predicted molar refractivity (Wildman–Crippen MR) is 105 cm³/mol. The molecule has 0 radical (unpaired) electrons. The lowest BCUT2D eigenvalue weighted by Gasteiger charge is -2.20. The largest absolute Gasteiger partial charge is 0.368 e. The molecule has 0 aliphatic carbocycles. The molecule has 0 saturated carbocycles. The van der Waals surface area contributed by atoms with Gasteiger partial charge in [-0.2, -0.15) is 5.10 Å². The number of hydrogen-bond acceptors (Lipinski definition) is 3. The summed E-state index contributed by atoms with van der Waals surface area (Å²) in [6.07, 6.45) is 1.64. The van der Waals surface area contributed by atoms with Crippen LogP contribution in [0.15, 0.2) is 70.1 Å². The van der Waals surface area contributed by atoms with Gasteiger partial charge in [-0.15, -0.1) is 0 Å². The lowest BCUT2D eigenvalue weighted by molar-refractivity contribution is 0.637. The van der Waals surface area contributed by atoms with Crippen molar-refractivity contribution in [2.45, 2.75) is 13.1 Å². The van der Waals surface area contributed by atoms with Crippen molar-refractivity contribution in [3.8, 4) is 0 Å². The van der Waals surface area contributed by atoms with Crippen molar-refractivity contribution in [1.82, 2.24) is 9.78 Å². The number of halogens is 2. The monoisotopic (exact) mass is 417 g/mol. The molecule has 3 rings (SSSR count). The number of anilines is 1. The normalized spacial score (nSPS) is 10.7. The van der Waals surface area contributed by atoms with Crippen molar-refractivity contribution in [1.29, 1.82) is 0 Å². The standard InChI is InChI=1S/C19H17BrClN3O/c1-23(12-15-7-9-16(20)10-8-15)17-11-22-24(19(25)18(17)21)13-14-5-3-2-4-6-14/h2-11H,12-13H2,1H3. The number of aromatic nitrogens is 2. The third-order valence-corrected chi connectivity index (χ3v) is 4.77. The summed E-state index contributed by atoms with van der Waals surface area (Å²) >= 11 is 9.75. The Labute approximate surface area is 159 Å². The minimum Gasteiger partial charge on any atom is -0.368 e. The van der Waals surface area contributed by atoms with Gasteiger partial charge in [-0.05, 0) is 23.3 Å². The number of nitrogens with zero attached hydrogens (tertiary/aromatic N) is 3. The van der Waals surface area contributed by atoms with Crippen LogP contribution < -0.4 is 10.5 Å². The average Bonchev–Trinajstić information content (AvgIpc) is 2.62. The van der Waals surface area contributed by atoms with Gasteiger partial charge < -0.3 is 4.90 Å². The Morgan fingerprint density at radius 2 is 1.76 bits per heavy atom. The molecule has 0 aliphatic heterocycles. The van der Waals surface area contributed by atoms with Crippen LogP contribution in [0.3, 0.4) is 0 Å². The molecular weight excluding hydrogens is 402 g/mol. The molecule has 128 valence electrons. The van der Waals surface area contributed by atoms with Crippen molar-refractivity contribution in [2.75, 3.05) is 11.9 Å². The minimum atomic E-state index is -0.286. The van der Waals surface area contributed by atoms with Crippen molar-refractivity contribution < 1.29 is 0 Å². The molecule has 0 saturated heterocycles. The summed E-state index contributed by atoms with van der Waals surface area (Å²) in [4.78, 5) is 14.5. The summed E-state index contributed by atoms with van der Waals surface area (Å²) in [7, 11) is 1.89. The van der Waals surface area contributed by atoms with E-state index in [2.05, 4.69) is 21.0 Å². The molecular formula is C19H17BrClN3O. The summed E-state index contributed by atoms with van der Waals surface area (Å²) in [5.41, 5.74) is 2.46. The van der Waals surface area contributed by atoms with E-state index in [1.165, 1.54) is 4.68 Å². The van der Waals surface area contributed by atoms with Crippen LogP contribution in [-0.4, -0.2) is 16.8 Å². The minimum absolute atomic E-state index is 0.186. The topological polar surface area (TPSA) is 38.1 Å². The zero-order valence-corrected chi connectivity index (χ0v) is 16.0. The number of rotatable bonds is 5. The van der Waals surface area contributed by atoms with Gasteiger partial charge in [0.15, 0.2) is 0 Å². The molecule has 0 unspecified atom stereocenters. The van der Waals surface area contributed by atoms with Crippen molar-refractivity contribution in [3.63, 3.8) is 0 Å². The Hall–Kier alpha value is -2.11. The number of hydrogen-bond donors (Lipinski definition) is 0. The van der Waals surface area contributed by atoms with Crippen LogP contribution in [0.5, 0.6) is 0 Å². The van der Waals surface area contributed by atoms with Gasteiger partial charge in [0.2, 0.25) is 0 Å². The van der Waals surface area contributed by atoms with Gasteiger partial charge in [0.25, 0.3) is 5.56 Å². The van der Waals surface area contributed by atoms with Gasteiger partial charge >= 0.3 is 0 Å². The molecule has 25 heavy (non-hydrogen) atoms. The summed E-state index contributed by atoms with van der Waals surface area (Å²) < 4.78 is 2.41. The fraction of sp³-hybridized carbons (Fsp3) is 0.158. The van der Waals surface area contributed by atoms with Crippen LogP contribution in [0.4, 0.5) is 5.69 Å². The molecule has 0 aliphatic rings. The van der Waals surface area contributed by atoms with Gasteiger partial charge in [0.05, 0.1) is 18.4 Å². The van der Waals surface area contributed by atoms with Crippen LogP contribution in [-0.2, 0) is 13.1 Å². The van der Waals surface area contributed by atoms with E-state index < -0.39 is 0 Å². The van der Waals surface area contributed by atoms with Crippen LogP contribution in [0.25, 0.3) is 0 Å². The Bertz CT molecular complexity index is 910. The average molecular weight is 419 g/mol. The Kier molecular flexibility index (Phi) is 5.56. The highest BCUT2D eigenvalue weighted by molar-refractivity contribution is 9.10. The maximum Gasteiger partial charge on any atom is 0.287 e. The third-order valence-electron chi connectivity index (χ3n) is 3.89. The molecule has 0 bridgehead atoms. The molecule has 4 nitrogen and oxygen atoms in total. The van der Waals surface area contributed by atoms with E-state index in [9.17, 15) is 4.79 Å². The maximum absolute atomic E-state index is 12.5. The molecule has 0 fully saturated rings. The zero-order valence-electron chi connectivity index (χ0n) is 13.7. The second-order valence-corrected chi connectivity index (χ2v) is 7.07. The van der Waals surface area contributed by atoms with E-state index in [1.54, 1.807) is 6.20 Å². The van der Waals surface area contributed by atoms with Crippen LogP contribution >= 0.6 is 27.5 Å². The van der Waals surface area contributed by atoms with Crippen LogP contribution in [0.1, 0.15) is 11.1 Å².